The van der Waals surface area contributed by atoms with E-state index in [1.165, 1.54) is 128 Å². The minimum absolute atomic E-state index is 0.0685. The van der Waals surface area contributed by atoms with E-state index in [-0.39, 0.29) is 25.2 Å². The fourth-order valence-corrected chi connectivity index (χ4v) is 6.79. The predicted octanol–water partition coefficient (Wildman–Crippen LogP) is 16.6. The highest BCUT2D eigenvalue weighted by Crippen LogP contribution is 2.13. The molecule has 0 aromatic carbocycles. The Labute approximate surface area is 360 Å². The van der Waals surface area contributed by atoms with Gasteiger partial charge in [0, 0.05) is 19.4 Å². The lowest BCUT2D eigenvalue weighted by Gasteiger charge is -2.18. The van der Waals surface area contributed by atoms with E-state index in [4.69, 9.17) is 14.2 Å². The lowest BCUT2D eigenvalue weighted by Crippen LogP contribution is -2.30. The third-order valence-corrected chi connectivity index (χ3v) is 10.5. The third kappa shape index (κ3) is 46.3. The van der Waals surface area contributed by atoms with Crippen LogP contribution in [0.3, 0.4) is 0 Å². The van der Waals surface area contributed by atoms with Crippen LogP contribution >= 0.6 is 0 Å². The molecule has 0 spiro atoms. The van der Waals surface area contributed by atoms with Crippen molar-refractivity contribution in [1.29, 1.82) is 0 Å². The summed E-state index contributed by atoms with van der Waals surface area (Å²) in [5, 5.41) is 0. The number of carbonyl (C=O) groups excluding carboxylic acids is 2. The zero-order chi connectivity index (χ0) is 42.1. The minimum atomic E-state index is -0.555. The van der Waals surface area contributed by atoms with E-state index in [2.05, 4.69) is 81.5 Å². The first-order valence-corrected chi connectivity index (χ1v) is 24.8. The van der Waals surface area contributed by atoms with Gasteiger partial charge >= 0.3 is 11.9 Å². The largest absolute Gasteiger partial charge is 0.462 e. The van der Waals surface area contributed by atoms with Gasteiger partial charge in [-0.25, -0.2) is 0 Å². The van der Waals surface area contributed by atoms with Crippen molar-refractivity contribution in [2.75, 3.05) is 19.8 Å². The molecule has 0 radical (unpaired) electrons. The Morgan fingerprint density at radius 2 is 0.793 bits per heavy atom. The van der Waals surface area contributed by atoms with Crippen LogP contribution in [-0.4, -0.2) is 37.9 Å². The molecular weight excluding hydrogens is 717 g/mol. The molecule has 0 saturated heterocycles. The van der Waals surface area contributed by atoms with Gasteiger partial charge in [0.25, 0.3) is 0 Å². The van der Waals surface area contributed by atoms with Gasteiger partial charge in [-0.15, -0.1) is 0 Å². The van der Waals surface area contributed by atoms with Crippen molar-refractivity contribution in [3.63, 3.8) is 0 Å². The summed E-state index contributed by atoms with van der Waals surface area (Å²) < 4.78 is 17.3. The number of carbonyl (C=O) groups is 2. The lowest BCUT2D eigenvalue weighted by molar-refractivity contribution is -0.163. The third-order valence-electron chi connectivity index (χ3n) is 10.5. The summed E-state index contributed by atoms with van der Waals surface area (Å²) >= 11 is 0. The summed E-state index contributed by atoms with van der Waals surface area (Å²) in [6.45, 7) is 7.64. The smallest absolute Gasteiger partial charge is 0.306 e. The second-order valence-corrected chi connectivity index (χ2v) is 16.3. The van der Waals surface area contributed by atoms with Gasteiger partial charge in [0.05, 0.1) is 6.61 Å². The van der Waals surface area contributed by atoms with Crippen LogP contribution in [0.2, 0.25) is 0 Å². The Balaban J connectivity index is 4.28. The molecule has 0 aromatic rings. The molecule has 0 rings (SSSR count). The number of rotatable bonds is 45. The molecule has 336 valence electrons. The number of esters is 2. The monoisotopic (exact) mass is 811 g/mol. The average molecular weight is 811 g/mol. The van der Waals surface area contributed by atoms with Crippen LogP contribution in [0.25, 0.3) is 0 Å². The standard InChI is InChI=1S/C53H94O5/c1-4-7-10-13-16-19-22-25-26-27-28-30-31-34-37-40-43-46-52(54)57-50-51(49-56-48-45-42-39-36-33-24-21-18-15-12-9-6-3)58-53(55)47-44-41-38-35-32-29-23-20-17-14-11-8-5-2/h8,11,15,17-18,20,25-26,29,32,51H,4-7,9-10,12-14,16,19,21-24,27-28,30-31,33-50H2,1-3H3/b11-8-,18-15-,20-17-,26-25-,32-29-. The van der Waals surface area contributed by atoms with Crippen LogP contribution in [0.15, 0.2) is 60.8 Å². The Morgan fingerprint density at radius 3 is 1.33 bits per heavy atom. The molecule has 5 heteroatoms. The number of ether oxygens (including phenoxy) is 3. The van der Waals surface area contributed by atoms with Gasteiger partial charge in [-0.1, -0.05) is 191 Å². The van der Waals surface area contributed by atoms with E-state index >= 15 is 0 Å². The van der Waals surface area contributed by atoms with Crippen molar-refractivity contribution < 1.29 is 23.8 Å². The van der Waals surface area contributed by atoms with E-state index < -0.39 is 6.10 Å². The molecule has 0 bridgehead atoms. The van der Waals surface area contributed by atoms with Crippen molar-refractivity contribution in [1.82, 2.24) is 0 Å². The Morgan fingerprint density at radius 1 is 0.397 bits per heavy atom. The van der Waals surface area contributed by atoms with Gasteiger partial charge in [0.1, 0.15) is 6.61 Å². The molecule has 0 aliphatic carbocycles. The number of unbranched alkanes of at least 4 members (excludes halogenated alkanes) is 24. The highest BCUT2D eigenvalue weighted by molar-refractivity contribution is 5.70. The number of hydrogen-bond donors (Lipinski definition) is 0. The quantitative estimate of drug-likeness (QED) is 0.0348. The van der Waals surface area contributed by atoms with Gasteiger partial charge in [-0.3, -0.25) is 9.59 Å². The summed E-state index contributed by atoms with van der Waals surface area (Å²) in [5.41, 5.74) is 0. The SMILES string of the molecule is CC/C=C\C/C=C\C/C=C\CCCCCC(=O)OC(COCCCCCCCC/C=C\CCCC)COC(=O)CCCCCCCCC/C=C\CCCCCCCC. The van der Waals surface area contributed by atoms with Crippen molar-refractivity contribution in [2.45, 2.75) is 245 Å². The Hall–Kier alpha value is -2.40. The van der Waals surface area contributed by atoms with Crippen LogP contribution in [0.5, 0.6) is 0 Å². The first-order chi connectivity index (χ1) is 28.6. The molecule has 1 unspecified atom stereocenters. The average Bonchev–Trinajstić information content (AvgIpc) is 3.22. The maximum absolute atomic E-state index is 12.7. The zero-order valence-electron chi connectivity index (χ0n) is 38.6. The van der Waals surface area contributed by atoms with Crippen LogP contribution in [-0.2, 0) is 23.8 Å². The second-order valence-electron chi connectivity index (χ2n) is 16.3. The van der Waals surface area contributed by atoms with Crippen LogP contribution in [0.1, 0.15) is 239 Å². The lowest BCUT2D eigenvalue weighted by atomic mass is 10.1. The number of allylic oxidation sites excluding steroid dienone is 10. The molecule has 0 saturated carbocycles. The highest BCUT2D eigenvalue weighted by atomic mass is 16.6. The first-order valence-electron chi connectivity index (χ1n) is 24.8. The van der Waals surface area contributed by atoms with Crippen LogP contribution in [0.4, 0.5) is 0 Å². The summed E-state index contributed by atoms with van der Waals surface area (Å²) in [6, 6.07) is 0. The molecule has 0 fully saturated rings. The van der Waals surface area contributed by atoms with Crippen LogP contribution in [0, 0.1) is 0 Å². The number of hydrogen-bond acceptors (Lipinski definition) is 5. The van der Waals surface area contributed by atoms with E-state index in [0.717, 1.165) is 77.0 Å². The Kier molecular flexibility index (Phi) is 46.9. The molecule has 0 aliphatic heterocycles. The van der Waals surface area contributed by atoms with E-state index in [1.807, 2.05) is 0 Å². The summed E-state index contributed by atoms with van der Waals surface area (Å²) in [6.07, 6.45) is 60.8. The molecule has 1 atom stereocenters. The van der Waals surface area contributed by atoms with Gasteiger partial charge < -0.3 is 14.2 Å². The molecule has 0 aromatic heterocycles. The minimum Gasteiger partial charge on any atom is -0.462 e. The molecule has 0 heterocycles. The van der Waals surface area contributed by atoms with Crippen molar-refractivity contribution >= 4 is 11.9 Å². The van der Waals surface area contributed by atoms with Gasteiger partial charge in [-0.05, 0) is 96.3 Å². The summed E-state index contributed by atoms with van der Waals surface area (Å²) in [4.78, 5) is 25.3. The zero-order valence-corrected chi connectivity index (χ0v) is 38.6. The fraction of sp³-hybridized carbons (Fsp3) is 0.774. The summed E-state index contributed by atoms with van der Waals surface area (Å²) in [5.74, 6) is -0.436. The maximum atomic E-state index is 12.7. The summed E-state index contributed by atoms with van der Waals surface area (Å²) in [7, 11) is 0. The topological polar surface area (TPSA) is 61.8 Å². The van der Waals surface area contributed by atoms with E-state index in [0.29, 0.717) is 19.4 Å². The molecule has 58 heavy (non-hydrogen) atoms. The molecule has 0 N–H and O–H groups in total. The molecule has 5 nitrogen and oxygen atoms in total. The van der Waals surface area contributed by atoms with Crippen molar-refractivity contribution in [2.24, 2.45) is 0 Å². The molecular formula is C53H94O5. The fourth-order valence-electron chi connectivity index (χ4n) is 6.79. The predicted molar refractivity (Wildman–Crippen MR) is 251 cm³/mol. The van der Waals surface area contributed by atoms with Crippen LogP contribution < -0.4 is 0 Å². The van der Waals surface area contributed by atoms with Crippen molar-refractivity contribution in [3.8, 4) is 0 Å². The van der Waals surface area contributed by atoms with E-state index in [1.54, 1.807) is 0 Å². The highest BCUT2D eigenvalue weighted by Gasteiger charge is 2.17. The van der Waals surface area contributed by atoms with E-state index in [9.17, 15) is 9.59 Å². The van der Waals surface area contributed by atoms with Gasteiger partial charge in [0.15, 0.2) is 6.10 Å². The van der Waals surface area contributed by atoms with Gasteiger partial charge in [-0.2, -0.15) is 0 Å². The maximum Gasteiger partial charge on any atom is 0.306 e. The normalized spacial score (nSPS) is 12.7. The molecule has 0 amide bonds. The Bertz CT molecular complexity index is 1010. The molecule has 0 aliphatic rings. The first kappa shape index (κ1) is 55.6. The van der Waals surface area contributed by atoms with Crippen molar-refractivity contribution in [3.05, 3.63) is 60.8 Å². The second kappa shape index (κ2) is 49.0. The van der Waals surface area contributed by atoms with Gasteiger partial charge in [0.2, 0.25) is 0 Å².